The van der Waals surface area contributed by atoms with Crippen molar-refractivity contribution in [2.45, 2.75) is 6.42 Å². The van der Waals surface area contributed by atoms with Gasteiger partial charge in [-0.05, 0) is 64.0 Å². The van der Waals surface area contributed by atoms with Crippen LogP contribution in [0.2, 0.25) is 5.02 Å². The summed E-state index contributed by atoms with van der Waals surface area (Å²) >= 11 is 14.4. The highest BCUT2D eigenvalue weighted by atomic mass is 79.9. The van der Waals surface area contributed by atoms with Crippen LogP contribution >= 0.6 is 39.7 Å². The maximum Gasteiger partial charge on any atom is 0.276 e. The van der Waals surface area contributed by atoms with Gasteiger partial charge in [0.2, 0.25) is 0 Å². The molecule has 7 nitrogen and oxygen atoms in total. The van der Waals surface area contributed by atoms with E-state index in [-0.39, 0.29) is 11.7 Å². The second-order valence-electron chi connectivity index (χ2n) is 6.90. The first-order valence-electron chi connectivity index (χ1n) is 10.2. The molecular weight excluding hydrogens is 542 g/mol. The Balaban J connectivity index is 1.41. The van der Waals surface area contributed by atoms with E-state index in [9.17, 15) is 9.59 Å². The third kappa shape index (κ3) is 8.02. The van der Waals surface area contributed by atoms with E-state index in [2.05, 4.69) is 32.1 Å². The zero-order chi connectivity index (χ0) is 24.3. The molecule has 0 aromatic heterocycles. The minimum Gasteiger partial charge on any atom is -0.492 e. The van der Waals surface area contributed by atoms with E-state index in [1.165, 1.54) is 5.56 Å². The molecule has 0 aliphatic heterocycles. The fraction of sp³-hybridized carbons (Fsp3) is 0.125. The summed E-state index contributed by atoms with van der Waals surface area (Å²) in [5.74, 6) is 0.0547. The molecule has 0 aliphatic carbocycles. The van der Waals surface area contributed by atoms with Gasteiger partial charge in [-0.3, -0.25) is 25.8 Å². The van der Waals surface area contributed by atoms with Crippen molar-refractivity contribution in [3.05, 3.63) is 93.4 Å². The number of benzene rings is 3. The Hall–Kier alpha value is -3.14. The van der Waals surface area contributed by atoms with Crippen molar-refractivity contribution < 1.29 is 19.1 Å². The van der Waals surface area contributed by atoms with Gasteiger partial charge in [-0.25, -0.2) is 0 Å². The molecule has 0 unspecified atom stereocenters. The lowest BCUT2D eigenvalue weighted by Gasteiger charge is -2.13. The number of halogens is 2. The average molecular weight is 563 g/mol. The normalized spacial score (nSPS) is 10.2. The number of amides is 2. The highest BCUT2D eigenvalue weighted by molar-refractivity contribution is 9.10. The van der Waals surface area contributed by atoms with Crippen LogP contribution in [-0.4, -0.2) is 30.1 Å². The number of carbonyl (C=O) groups is 2. The fourth-order valence-electron chi connectivity index (χ4n) is 2.76. The number of hydrazine groups is 1. The van der Waals surface area contributed by atoms with Crippen LogP contribution in [-0.2, 0) is 11.2 Å². The van der Waals surface area contributed by atoms with Gasteiger partial charge in [0.1, 0.15) is 11.5 Å². The fourth-order valence-corrected chi connectivity index (χ4v) is 3.58. The van der Waals surface area contributed by atoms with E-state index in [1.807, 2.05) is 30.3 Å². The molecule has 3 rings (SSSR count). The van der Waals surface area contributed by atoms with E-state index >= 15 is 0 Å². The van der Waals surface area contributed by atoms with Crippen molar-refractivity contribution in [1.29, 1.82) is 0 Å². The van der Waals surface area contributed by atoms with E-state index in [0.717, 1.165) is 6.42 Å². The zero-order valence-electron chi connectivity index (χ0n) is 17.8. The number of hydrogen-bond donors (Lipinski definition) is 3. The first-order chi connectivity index (χ1) is 16.4. The highest BCUT2D eigenvalue weighted by Gasteiger charge is 2.12. The molecule has 0 saturated heterocycles. The van der Waals surface area contributed by atoms with Crippen molar-refractivity contribution in [1.82, 2.24) is 16.2 Å². The van der Waals surface area contributed by atoms with Gasteiger partial charge in [0.15, 0.2) is 11.7 Å². The Morgan fingerprint density at radius 3 is 2.38 bits per heavy atom. The standard InChI is InChI=1S/C24H21BrClN3O4S/c25-18-14-17(10-11-20(18)32-13-12-16-6-2-1-3-7-16)23(31)27-24(34)29-28-22(30)15-33-21-9-5-4-8-19(21)26/h1-11,14H,12-13,15H2,(H,28,30)(H2,27,29,31,34). The SMILES string of the molecule is O=C(COc1ccccc1Cl)NNC(=S)NC(=O)c1ccc(OCCc2ccccc2)c(Br)c1. The monoisotopic (exact) mass is 561 g/mol. The van der Waals surface area contributed by atoms with Crippen molar-refractivity contribution in [3.8, 4) is 11.5 Å². The predicted molar refractivity (Wildman–Crippen MR) is 138 cm³/mol. The summed E-state index contributed by atoms with van der Waals surface area (Å²) in [5, 5.41) is 2.81. The molecule has 3 aromatic rings. The zero-order valence-corrected chi connectivity index (χ0v) is 21.0. The van der Waals surface area contributed by atoms with Crippen LogP contribution in [0.15, 0.2) is 77.3 Å². The number of para-hydroxylation sites is 1. The summed E-state index contributed by atoms with van der Waals surface area (Å²) in [6.45, 7) is 0.216. The molecular formula is C24H21BrClN3O4S. The molecule has 2 amide bonds. The Labute approximate surface area is 215 Å². The van der Waals surface area contributed by atoms with Crippen molar-refractivity contribution in [3.63, 3.8) is 0 Å². The molecule has 176 valence electrons. The first-order valence-corrected chi connectivity index (χ1v) is 11.7. The molecule has 0 spiro atoms. The van der Waals surface area contributed by atoms with Gasteiger partial charge in [-0.1, -0.05) is 54.1 Å². The molecule has 0 saturated carbocycles. The lowest BCUT2D eigenvalue weighted by Crippen LogP contribution is -2.49. The van der Waals surface area contributed by atoms with Crippen molar-refractivity contribution in [2.24, 2.45) is 0 Å². The molecule has 0 aliphatic rings. The van der Waals surface area contributed by atoms with Crippen LogP contribution in [0, 0.1) is 0 Å². The summed E-state index contributed by atoms with van der Waals surface area (Å²) in [4.78, 5) is 24.4. The number of carbonyl (C=O) groups excluding carboxylic acids is 2. The number of hydrogen-bond acceptors (Lipinski definition) is 5. The minimum absolute atomic E-state index is 0.0737. The van der Waals surface area contributed by atoms with Crippen LogP contribution in [0.5, 0.6) is 11.5 Å². The van der Waals surface area contributed by atoms with Gasteiger partial charge in [0.25, 0.3) is 11.8 Å². The van der Waals surface area contributed by atoms with Crippen LogP contribution in [0.4, 0.5) is 0 Å². The molecule has 0 bridgehead atoms. The third-order valence-electron chi connectivity index (χ3n) is 4.42. The van der Waals surface area contributed by atoms with Gasteiger partial charge in [0, 0.05) is 12.0 Å². The Morgan fingerprint density at radius 2 is 1.65 bits per heavy atom. The third-order valence-corrected chi connectivity index (χ3v) is 5.56. The Bertz CT molecular complexity index is 1160. The molecule has 0 fully saturated rings. The average Bonchev–Trinajstić information content (AvgIpc) is 2.84. The number of rotatable bonds is 8. The molecule has 0 radical (unpaired) electrons. The summed E-state index contributed by atoms with van der Waals surface area (Å²) in [6, 6.07) is 21.8. The van der Waals surface area contributed by atoms with Gasteiger partial charge in [0.05, 0.1) is 16.1 Å². The van der Waals surface area contributed by atoms with Gasteiger partial charge >= 0.3 is 0 Å². The summed E-state index contributed by atoms with van der Waals surface area (Å²) in [7, 11) is 0. The largest absolute Gasteiger partial charge is 0.492 e. The second-order valence-corrected chi connectivity index (χ2v) is 8.57. The topological polar surface area (TPSA) is 88.7 Å². The minimum atomic E-state index is -0.503. The summed E-state index contributed by atoms with van der Waals surface area (Å²) in [5.41, 5.74) is 6.34. The van der Waals surface area contributed by atoms with Gasteiger partial charge in [-0.2, -0.15) is 0 Å². The lowest BCUT2D eigenvalue weighted by atomic mass is 10.2. The van der Waals surface area contributed by atoms with Gasteiger partial charge in [-0.15, -0.1) is 0 Å². The number of nitrogens with one attached hydrogen (secondary N) is 3. The molecule has 34 heavy (non-hydrogen) atoms. The van der Waals surface area contributed by atoms with Gasteiger partial charge < -0.3 is 9.47 Å². The van der Waals surface area contributed by atoms with Crippen molar-refractivity contribution in [2.75, 3.05) is 13.2 Å². The summed E-state index contributed by atoms with van der Waals surface area (Å²) in [6.07, 6.45) is 0.768. The molecule has 0 atom stereocenters. The Morgan fingerprint density at radius 1 is 0.912 bits per heavy atom. The van der Waals surface area contributed by atoms with Crippen molar-refractivity contribution >= 4 is 56.7 Å². The first kappa shape index (κ1) is 25.5. The Kier molecular flexibility index (Phi) is 9.69. The maximum atomic E-state index is 12.5. The predicted octanol–water partition coefficient (Wildman–Crippen LogP) is 4.44. The number of thiocarbonyl (C=S) groups is 1. The van der Waals surface area contributed by atoms with E-state index in [1.54, 1.807) is 42.5 Å². The lowest BCUT2D eigenvalue weighted by molar-refractivity contribution is -0.123. The van der Waals surface area contributed by atoms with Crippen LogP contribution in [0.1, 0.15) is 15.9 Å². The smallest absolute Gasteiger partial charge is 0.276 e. The maximum absolute atomic E-state index is 12.5. The van der Waals surface area contributed by atoms with Crippen LogP contribution in [0.3, 0.4) is 0 Å². The van der Waals surface area contributed by atoms with E-state index in [0.29, 0.717) is 33.2 Å². The van der Waals surface area contributed by atoms with E-state index < -0.39 is 11.8 Å². The molecule has 10 heteroatoms. The number of ether oxygens (including phenoxy) is 2. The second kappa shape index (κ2) is 12.9. The molecule has 3 N–H and O–H groups in total. The quantitative estimate of drug-likeness (QED) is 0.278. The summed E-state index contributed by atoms with van der Waals surface area (Å²) < 4.78 is 11.8. The highest BCUT2D eigenvalue weighted by Crippen LogP contribution is 2.26. The van der Waals surface area contributed by atoms with Crippen LogP contribution in [0.25, 0.3) is 0 Å². The molecule has 3 aromatic carbocycles. The van der Waals surface area contributed by atoms with Crippen LogP contribution < -0.4 is 25.6 Å². The van der Waals surface area contributed by atoms with E-state index in [4.69, 9.17) is 33.3 Å². The molecule has 0 heterocycles.